The first kappa shape index (κ1) is 11.6. The highest BCUT2D eigenvalue weighted by Crippen LogP contribution is 2.39. The van der Waals surface area contributed by atoms with Crippen LogP contribution in [0.1, 0.15) is 24.6 Å². The molecule has 3 rings (SSSR count). The van der Waals surface area contributed by atoms with Crippen molar-refractivity contribution in [3.05, 3.63) is 30.1 Å². The summed E-state index contributed by atoms with van der Waals surface area (Å²) in [5.41, 5.74) is 0.773. The highest BCUT2D eigenvalue weighted by molar-refractivity contribution is 5.68. The Bertz CT molecular complexity index is 607. The molecule has 2 aromatic rings. The molecule has 1 aromatic carbocycles. The van der Waals surface area contributed by atoms with E-state index in [2.05, 4.69) is 15.5 Å². The molecule has 0 amide bonds. The summed E-state index contributed by atoms with van der Waals surface area (Å²) < 4.78 is 6.81. The van der Waals surface area contributed by atoms with Crippen LogP contribution in [0, 0.1) is 0 Å². The number of hydrogen-bond acceptors (Lipinski definition) is 5. The van der Waals surface area contributed by atoms with Crippen LogP contribution in [0.3, 0.4) is 0 Å². The van der Waals surface area contributed by atoms with Crippen LogP contribution in [-0.2, 0) is 4.79 Å². The first-order chi connectivity index (χ1) is 9.24. The molecule has 1 heterocycles. The van der Waals surface area contributed by atoms with E-state index in [-0.39, 0.29) is 6.61 Å². The summed E-state index contributed by atoms with van der Waals surface area (Å²) in [6.07, 6.45) is 2.21. The van der Waals surface area contributed by atoms with Crippen molar-refractivity contribution in [1.82, 2.24) is 20.2 Å². The minimum absolute atomic E-state index is 0.367. The number of ether oxygens (including phenoxy) is 1. The van der Waals surface area contributed by atoms with Crippen LogP contribution < -0.4 is 4.74 Å². The summed E-state index contributed by atoms with van der Waals surface area (Å²) >= 11 is 0. The van der Waals surface area contributed by atoms with Gasteiger partial charge >= 0.3 is 5.97 Å². The third-order valence-electron chi connectivity index (χ3n) is 2.86. The fourth-order valence-electron chi connectivity index (χ4n) is 1.82. The van der Waals surface area contributed by atoms with E-state index in [1.54, 1.807) is 22.9 Å². The van der Waals surface area contributed by atoms with Crippen LogP contribution in [0.15, 0.2) is 24.3 Å². The van der Waals surface area contributed by atoms with Crippen LogP contribution >= 0.6 is 0 Å². The SMILES string of the molecule is O=C(O)COc1cccc(-n2nnnc2C2CC2)c1. The first-order valence-corrected chi connectivity index (χ1v) is 5.97. The van der Waals surface area contributed by atoms with Gasteiger partial charge in [0, 0.05) is 12.0 Å². The third kappa shape index (κ3) is 2.54. The smallest absolute Gasteiger partial charge is 0.341 e. The molecule has 0 saturated heterocycles. The molecule has 1 aliphatic carbocycles. The summed E-state index contributed by atoms with van der Waals surface area (Å²) in [4.78, 5) is 10.5. The average molecular weight is 260 g/mol. The lowest BCUT2D eigenvalue weighted by Gasteiger charge is -2.07. The zero-order chi connectivity index (χ0) is 13.2. The predicted octanol–water partition coefficient (Wildman–Crippen LogP) is 1.00. The van der Waals surface area contributed by atoms with Crippen molar-refractivity contribution in [2.45, 2.75) is 18.8 Å². The zero-order valence-corrected chi connectivity index (χ0v) is 10.1. The Balaban J connectivity index is 1.85. The van der Waals surface area contributed by atoms with Crippen molar-refractivity contribution in [3.8, 4) is 11.4 Å². The van der Waals surface area contributed by atoms with Gasteiger partial charge in [0.05, 0.1) is 5.69 Å². The summed E-state index contributed by atoms with van der Waals surface area (Å²) in [5, 5.41) is 20.3. The first-order valence-electron chi connectivity index (χ1n) is 5.97. The van der Waals surface area contributed by atoms with Crippen molar-refractivity contribution in [2.75, 3.05) is 6.61 Å². The number of carbonyl (C=O) groups is 1. The van der Waals surface area contributed by atoms with Crippen molar-refractivity contribution in [2.24, 2.45) is 0 Å². The van der Waals surface area contributed by atoms with Gasteiger partial charge in [-0.3, -0.25) is 0 Å². The van der Waals surface area contributed by atoms with Gasteiger partial charge in [-0.05, 0) is 35.4 Å². The number of hydrogen-bond donors (Lipinski definition) is 1. The Morgan fingerprint density at radius 1 is 1.47 bits per heavy atom. The molecule has 0 unspecified atom stereocenters. The number of carboxylic acid groups (broad SMARTS) is 1. The molecular weight excluding hydrogens is 248 g/mol. The normalized spacial score (nSPS) is 14.3. The predicted molar refractivity (Wildman–Crippen MR) is 64.3 cm³/mol. The van der Waals surface area contributed by atoms with E-state index in [1.807, 2.05) is 6.07 Å². The summed E-state index contributed by atoms with van der Waals surface area (Å²) in [6, 6.07) is 7.07. The fraction of sp³-hybridized carbons (Fsp3) is 0.333. The molecule has 7 nitrogen and oxygen atoms in total. The third-order valence-corrected chi connectivity index (χ3v) is 2.86. The Labute approximate surface area is 108 Å². The molecule has 0 atom stereocenters. The second-order valence-corrected chi connectivity index (χ2v) is 4.40. The molecule has 0 aliphatic heterocycles. The molecule has 1 aliphatic rings. The van der Waals surface area contributed by atoms with Gasteiger partial charge in [-0.25, -0.2) is 4.79 Å². The lowest BCUT2D eigenvalue weighted by atomic mass is 10.3. The zero-order valence-electron chi connectivity index (χ0n) is 10.1. The van der Waals surface area contributed by atoms with E-state index in [1.165, 1.54) is 0 Å². The topological polar surface area (TPSA) is 90.1 Å². The molecule has 0 bridgehead atoms. The van der Waals surface area contributed by atoms with E-state index >= 15 is 0 Å². The molecule has 1 N–H and O–H groups in total. The second kappa shape index (κ2) is 4.68. The van der Waals surface area contributed by atoms with Crippen LogP contribution in [0.5, 0.6) is 5.75 Å². The minimum atomic E-state index is -1.01. The second-order valence-electron chi connectivity index (χ2n) is 4.40. The molecular formula is C12H12N4O3. The highest BCUT2D eigenvalue weighted by atomic mass is 16.5. The monoisotopic (exact) mass is 260 g/mol. The van der Waals surface area contributed by atoms with Crippen molar-refractivity contribution < 1.29 is 14.6 Å². The maximum atomic E-state index is 10.5. The minimum Gasteiger partial charge on any atom is -0.482 e. The van der Waals surface area contributed by atoms with E-state index in [0.717, 1.165) is 24.4 Å². The van der Waals surface area contributed by atoms with Gasteiger partial charge in [-0.2, -0.15) is 4.68 Å². The van der Waals surface area contributed by atoms with Gasteiger partial charge in [0.1, 0.15) is 5.75 Å². The lowest BCUT2D eigenvalue weighted by molar-refractivity contribution is -0.139. The Kier molecular flexibility index (Phi) is 2.86. The number of nitrogens with zero attached hydrogens (tertiary/aromatic N) is 4. The summed E-state index contributed by atoms with van der Waals surface area (Å²) in [7, 11) is 0. The van der Waals surface area contributed by atoms with Crippen LogP contribution in [-0.4, -0.2) is 37.9 Å². The molecule has 19 heavy (non-hydrogen) atoms. The van der Waals surface area contributed by atoms with Gasteiger partial charge in [-0.1, -0.05) is 6.07 Å². The quantitative estimate of drug-likeness (QED) is 0.862. The molecule has 1 aromatic heterocycles. The van der Waals surface area contributed by atoms with Gasteiger partial charge < -0.3 is 9.84 Å². The van der Waals surface area contributed by atoms with Crippen LogP contribution in [0.25, 0.3) is 5.69 Å². The van der Waals surface area contributed by atoms with Gasteiger partial charge in [0.25, 0.3) is 0 Å². The largest absolute Gasteiger partial charge is 0.482 e. The fourth-order valence-corrected chi connectivity index (χ4v) is 1.82. The number of aliphatic carboxylic acids is 1. The molecule has 98 valence electrons. The van der Waals surface area contributed by atoms with Crippen LogP contribution in [0.2, 0.25) is 0 Å². The molecule has 7 heteroatoms. The molecule has 1 saturated carbocycles. The lowest BCUT2D eigenvalue weighted by Crippen LogP contribution is -2.10. The molecule has 0 spiro atoms. The maximum absolute atomic E-state index is 10.5. The molecule has 0 radical (unpaired) electrons. The van der Waals surface area contributed by atoms with Gasteiger partial charge in [0.15, 0.2) is 12.4 Å². The number of rotatable bonds is 5. The van der Waals surface area contributed by atoms with E-state index in [0.29, 0.717) is 11.7 Å². The highest BCUT2D eigenvalue weighted by Gasteiger charge is 2.29. The summed E-state index contributed by atoms with van der Waals surface area (Å²) in [6.45, 7) is -0.367. The maximum Gasteiger partial charge on any atom is 0.341 e. The van der Waals surface area contributed by atoms with Crippen LogP contribution in [0.4, 0.5) is 0 Å². The van der Waals surface area contributed by atoms with E-state index < -0.39 is 5.97 Å². The Hall–Kier alpha value is -2.44. The standard InChI is InChI=1S/C12H12N4O3/c17-11(18)7-19-10-3-1-2-9(6-10)16-12(8-4-5-8)13-14-15-16/h1-3,6,8H,4-5,7H2,(H,17,18). The Morgan fingerprint density at radius 2 is 2.32 bits per heavy atom. The van der Waals surface area contributed by atoms with E-state index in [4.69, 9.17) is 9.84 Å². The van der Waals surface area contributed by atoms with Crippen molar-refractivity contribution in [3.63, 3.8) is 0 Å². The van der Waals surface area contributed by atoms with Crippen molar-refractivity contribution in [1.29, 1.82) is 0 Å². The van der Waals surface area contributed by atoms with Gasteiger partial charge in [-0.15, -0.1) is 5.10 Å². The Morgan fingerprint density at radius 3 is 3.05 bits per heavy atom. The summed E-state index contributed by atoms with van der Waals surface area (Å²) in [5.74, 6) is 0.748. The number of aromatic nitrogens is 4. The van der Waals surface area contributed by atoms with Gasteiger partial charge in [0.2, 0.25) is 0 Å². The molecule has 1 fully saturated rings. The van der Waals surface area contributed by atoms with E-state index in [9.17, 15) is 4.79 Å². The van der Waals surface area contributed by atoms with Crippen molar-refractivity contribution >= 4 is 5.97 Å². The number of carboxylic acids is 1. The average Bonchev–Trinajstić information content (AvgIpc) is 3.14. The number of tetrazole rings is 1. The number of benzene rings is 1.